The summed E-state index contributed by atoms with van der Waals surface area (Å²) in [6, 6.07) is 0. The lowest BCUT2D eigenvalue weighted by atomic mass is 10.0. The smallest absolute Gasteiger partial charge is 0.282 e. The largest absolute Gasteiger partial charge is 0.393 e. The second-order valence-corrected chi connectivity index (χ2v) is 7.84. The van der Waals surface area contributed by atoms with Crippen molar-refractivity contribution in [1.82, 2.24) is 8.61 Å². The minimum atomic E-state index is -3.24. The van der Waals surface area contributed by atoms with Gasteiger partial charge < -0.3 is 5.73 Å². The molecule has 0 radical (unpaired) electrons. The number of hydrogen-bond acceptors (Lipinski definition) is 3. The Balaban J connectivity index is 2.01. The first kappa shape index (κ1) is 14.2. The van der Waals surface area contributed by atoms with Crippen molar-refractivity contribution in [3.63, 3.8) is 0 Å². The summed E-state index contributed by atoms with van der Waals surface area (Å²) in [5, 5.41) is 0. The van der Waals surface area contributed by atoms with Gasteiger partial charge in [-0.3, -0.25) is 0 Å². The number of thiocarbonyl (C=S) groups is 1. The molecule has 18 heavy (non-hydrogen) atoms. The van der Waals surface area contributed by atoms with Crippen LogP contribution < -0.4 is 5.73 Å². The van der Waals surface area contributed by atoms with Crippen LogP contribution in [-0.4, -0.2) is 48.2 Å². The van der Waals surface area contributed by atoms with Gasteiger partial charge in [0.1, 0.15) is 0 Å². The Hall–Kier alpha value is -0.240. The number of nitrogens with two attached hydrogens (primary N) is 1. The van der Waals surface area contributed by atoms with Gasteiger partial charge in [-0.1, -0.05) is 19.1 Å². The first-order valence-electron chi connectivity index (χ1n) is 6.43. The zero-order valence-electron chi connectivity index (χ0n) is 10.8. The monoisotopic (exact) mass is 291 g/mol. The van der Waals surface area contributed by atoms with Crippen LogP contribution in [0.5, 0.6) is 0 Å². The van der Waals surface area contributed by atoms with Crippen molar-refractivity contribution in [3.8, 4) is 0 Å². The topological polar surface area (TPSA) is 66.6 Å². The third-order valence-corrected chi connectivity index (χ3v) is 5.87. The Labute approximate surface area is 114 Å². The molecule has 0 aromatic heterocycles. The van der Waals surface area contributed by atoms with E-state index in [1.807, 2.05) is 6.92 Å². The lowest BCUT2D eigenvalue weighted by Crippen LogP contribution is -2.37. The summed E-state index contributed by atoms with van der Waals surface area (Å²) < 4.78 is 27.7. The average Bonchev–Trinajstić information content (AvgIpc) is 2.94. The Morgan fingerprint density at radius 2 is 1.94 bits per heavy atom. The molecule has 0 unspecified atom stereocenters. The first-order valence-corrected chi connectivity index (χ1v) is 8.24. The summed E-state index contributed by atoms with van der Waals surface area (Å²) in [4.78, 5) is 0.495. The normalized spacial score (nSPS) is 26.3. The van der Waals surface area contributed by atoms with E-state index >= 15 is 0 Å². The van der Waals surface area contributed by atoms with Gasteiger partial charge in [-0.05, 0) is 24.7 Å². The van der Waals surface area contributed by atoms with Crippen LogP contribution in [0.1, 0.15) is 32.6 Å². The van der Waals surface area contributed by atoms with E-state index < -0.39 is 10.2 Å². The quantitative estimate of drug-likeness (QED) is 0.732. The molecule has 1 aliphatic carbocycles. The molecule has 1 saturated heterocycles. The summed E-state index contributed by atoms with van der Waals surface area (Å²) in [6.45, 7) is 4.39. The van der Waals surface area contributed by atoms with Crippen LogP contribution in [0, 0.1) is 5.41 Å². The van der Waals surface area contributed by atoms with Crippen LogP contribution in [0.15, 0.2) is 0 Å². The van der Waals surface area contributed by atoms with Gasteiger partial charge in [0.05, 0.1) is 4.99 Å². The summed E-state index contributed by atoms with van der Waals surface area (Å²) >= 11 is 4.95. The molecule has 2 N–H and O–H groups in total. The minimum Gasteiger partial charge on any atom is -0.393 e. The molecule has 0 aromatic rings. The zero-order valence-corrected chi connectivity index (χ0v) is 12.4. The molecular weight excluding hydrogens is 270 g/mol. The summed E-state index contributed by atoms with van der Waals surface area (Å²) in [6.07, 6.45) is 3.58. The Morgan fingerprint density at radius 3 is 2.44 bits per heavy atom. The molecule has 0 bridgehead atoms. The van der Waals surface area contributed by atoms with Crippen LogP contribution >= 0.6 is 12.2 Å². The van der Waals surface area contributed by atoms with Gasteiger partial charge in [0.2, 0.25) is 0 Å². The SMILES string of the molecule is CCCN1CCN(CC2(CC(N)=S)CC2)S1(=O)=O. The fourth-order valence-corrected chi connectivity index (χ4v) is 4.67. The molecule has 0 atom stereocenters. The second-order valence-electron chi connectivity index (χ2n) is 5.38. The van der Waals surface area contributed by atoms with Gasteiger partial charge in [0.15, 0.2) is 0 Å². The predicted molar refractivity (Wildman–Crippen MR) is 75.4 cm³/mol. The Morgan fingerprint density at radius 1 is 1.33 bits per heavy atom. The summed E-state index contributed by atoms with van der Waals surface area (Å²) in [5.41, 5.74) is 5.62. The van der Waals surface area contributed by atoms with Gasteiger partial charge >= 0.3 is 0 Å². The molecule has 1 saturated carbocycles. The Kier molecular flexibility index (Phi) is 3.96. The van der Waals surface area contributed by atoms with Crippen LogP contribution in [-0.2, 0) is 10.2 Å². The fourth-order valence-electron chi connectivity index (χ4n) is 2.57. The molecule has 2 aliphatic rings. The third-order valence-electron chi connectivity index (χ3n) is 3.74. The van der Waals surface area contributed by atoms with E-state index in [4.69, 9.17) is 18.0 Å². The fraction of sp³-hybridized carbons (Fsp3) is 0.909. The predicted octanol–water partition coefficient (Wildman–Crippen LogP) is 0.715. The zero-order chi connectivity index (χ0) is 13.4. The average molecular weight is 291 g/mol. The van der Waals surface area contributed by atoms with E-state index in [1.54, 1.807) is 8.61 Å². The number of hydrogen-bond donors (Lipinski definition) is 1. The van der Waals surface area contributed by atoms with Crippen molar-refractivity contribution >= 4 is 27.4 Å². The van der Waals surface area contributed by atoms with E-state index in [0.29, 0.717) is 37.6 Å². The van der Waals surface area contributed by atoms with Crippen molar-refractivity contribution in [1.29, 1.82) is 0 Å². The van der Waals surface area contributed by atoms with E-state index in [1.165, 1.54) is 0 Å². The van der Waals surface area contributed by atoms with E-state index in [0.717, 1.165) is 19.3 Å². The standard InChI is InChI=1S/C11H21N3O2S2/c1-2-5-13-6-7-14(18(13,15)16)9-11(3-4-11)8-10(12)17/h2-9H2,1H3,(H2,12,17). The third kappa shape index (κ3) is 2.84. The summed E-state index contributed by atoms with van der Waals surface area (Å²) in [7, 11) is -3.24. The molecule has 0 spiro atoms. The molecule has 0 amide bonds. The van der Waals surface area contributed by atoms with Crippen molar-refractivity contribution < 1.29 is 8.42 Å². The van der Waals surface area contributed by atoms with Crippen molar-refractivity contribution in [2.45, 2.75) is 32.6 Å². The number of nitrogens with zero attached hydrogens (tertiary/aromatic N) is 2. The second kappa shape index (κ2) is 5.03. The van der Waals surface area contributed by atoms with E-state index in [-0.39, 0.29) is 5.41 Å². The van der Waals surface area contributed by atoms with E-state index in [9.17, 15) is 8.42 Å². The molecule has 1 heterocycles. The first-order chi connectivity index (χ1) is 8.39. The maximum absolute atomic E-state index is 12.3. The van der Waals surface area contributed by atoms with Gasteiger partial charge in [-0.25, -0.2) is 0 Å². The maximum Gasteiger partial charge on any atom is 0.282 e. The van der Waals surface area contributed by atoms with Gasteiger partial charge in [-0.2, -0.15) is 17.0 Å². The highest BCUT2D eigenvalue weighted by atomic mass is 32.2. The van der Waals surface area contributed by atoms with Crippen LogP contribution in [0.2, 0.25) is 0 Å². The highest BCUT2D eigenvalue weighted by Crippen LogP contribution is 2.50. The molecule has 2 fully saturated rings. The molecule has 1 aliphatic heterocycles. The molecule has 0 aromatic carbocycles. The van der Waals surface area contributed by atoms with Crippen molar-refractivity contribution in [2.75, 3.05) is 26.2 Å². The van der Waals surface area contributed by atoms with Gasteiger partial charge in [-0.15, -0.1) is 0 Å². The van der Waals surface area contributed by atoms with Crippen molar-refractivity contribution in [2.24, 2.45) is 11.1 Å². The summed E-state index contributed by atoms with van der Waals surface area (Å²) in [5.74, 6) is 0. The number of rotatable bonds is 6. The molecule has 7 heteroatoms. The lowest BCUT2D eigenvalue weighted by molar-refractivity contribution is 0.356. The maximum atomic E-state index is 12.3. The highest BCUT2D eigenvalue weighted by Gasteiger charge is 2.48. The minimum absolute atomic E-state index is 0.0289. The van der Waals surface area contributed by atoms with Crippen molar-refractivity contribution in [3.05, 3.63) is 0 Å². The Bertz CT molecular complexity index is 432. The van der Waals surface area contributed by atoms with Gasteiger partial charge in [0.25, 0.3) is 10.2 Å². The molecule has 5 nitrogen and oxygen atoms in total. The molecule has 104 valence electrons. The highest BCUT2D eigenvalue weighted by molar-refractivity contribution is 7.87. The van der Waals surface area contributed by atoms with Crippen LogP contribution in [0.3, 0.4) is 0 Å². The van der Waals surface area contributed by atoms with Crippen LogP contribution in [0.4, 0.5) is 0 Å². The van der Waals surface area contributed by atoms with Crippen LogP contribution in [0.25, 0.3) is 0 Å². The lowest BCUT2D eigenvalue weighted by Gasteiger charge is -2.23. The molecular formula is C11H21N3O2S2. The molecule has 2 rings (SSSR count). The van der Waals surface area contributed by atoms with E-state index in [2.05, 4.69) is 0 Å². The van der Waals surface area contributed by atoms with Gasteiger partial charge in [0, 0.05) is 32.6 Å².